The molecule has 0 saturated carbocycles. The molecule has 3 rings (SSSR count). The van der Waals surface area contributed by atoms with Crippen LogP contribution in [-0.4, -0.2) is 29.8 Å². The Morgan fingerprint density at radius 3 is 2.56 bits per heavy atom. The summed E-state index contributed by atoms with van der Waals surface area (Å²) in [6.07, 6.45) is -3.28. The minimum atomic E-state index is -5.32. The molecule has 27 heavy (non-hydrogen) atoms. The molecule has 0 radical (unpaired) electrons. The summed E-state index contributed by atoms with van der Waals surface area (Å²) in [5.74, 6) is -8.49. The van der Waals surface area contributed by atoms with Crippen molar-refractivity contribution in [1.29, 1.82) is 5.26 Å². The first-order chi connectivity index (χ1) is 12.5. The highest BCUT2D eigenvalue weighted by molar-refractivity contribution is 7.91. The molecule has 0 saturated heterocycles. The van der Waals surface area contributed by atoms with E-state index in [2.05, 4.69) is 0 Å². The molecule has 1 aromatic carbocycles. The van der Waals surface area contributed by atoms with Crippen LogP contribution in [0.3, 0.4) is 0 Å². The van der Waals surface area contributed by atoms with Crippen molar-refractivity contribution in [3.05, 3.63) is 47.0 Å². The van der Waals surface area contributed by atoms with Gasteiger partial charge in [0.1, 0.15) is 11.9 Å². The number of aliphatic hydroxyl groups excluding tert-OH is 1. The third kappa shape index (κ3) is 3.08. The van der Waals surface area contributed by atoms with Gasteiger partial charge in [0, 0.05) is 29.6 Å². The molecule has 144 valence electrons. The normalized spacial score (nSPS) is 19.0. The number of aromatic nitrogens is 1. The molecular formula is C16H11F5N2O3S. The van der Waals surface area contributed by atoms with Crippen LogP contribution in [-0.2, 0) is 16.3 Å². The number of hydrogen-bond acceptors (Lipinski definition) is 4. The number of nitriles is 1. The van der Waals surface area contributed by atoms with E-state index in [1.54, 1.807) is 6.07 Å². The minimum absolute atomic E-state index is 0.115. The van der Waals surface area contributed by atoms with Gasteiger partial charge < -0.3 is 9.67 Å². The van der Waals surface area contributed by atoms with Gasteiger partial charge in [-0.15, -0.1) is 0 Å². The van der Waals surface area contributed by atoms with Gasteiger partial charge in [-0.1, -0.05) is 0 Å². The Hall–Kier alpha value is -2.45. The largest absolute Gasteiger partial charge is 0.382 e. The third-order valence-corrected chi connectivity index (χ3v) is 5.72. The van der Waals surface area contributed by atoms with E-state index in [9.17, 15) is 35.5 Å². The molecule has 2 aromatic rings. The molecule has 0 spiro atoms. The first kappa shape index (κ1) is 19.3. The lowest BCUT2D eigenvalue weighted by Crippen LogP contribution is -2.33. The lowest BCUT2D eigenvalue weighted by molar-refractivity contribution is -0.123. The van der Waals surface area contributed by atoms with Crippen LogP contribution in [0.5, 0.6) is 0 Å². The predicted molar refractivity (Wildman–Crippen MR) is 81.9 cm³/mol. The summed E-state index contributed by atoms with van der Waals surface area (Å²) < 4.78 is 92.4. The molecule has 11 heteroatoms. The zero-order valence-electron chi connectivity index (χ0n) is 13.3. The van der Waals surface area contributed by atoms with Crippen molar-refractivity contribution in [2.24, 2.45) is 0 Å². The van der Waals surface area contributed by atoms with Crippen LogP contribution in [0, 0.1) is 17.1 Å². The summed E-state index contributed by atoms with van der Waals surface area (Å²) >= 11 is 0. The molecule has 1 atom stereocenters. The zero-order valence-corrected chi connectivity index (χ0v) is 14.2. The lowest BCUT2D eigenvalue weighted by Gasteiger charge is -2.29. The maximum atomic E-state index is 13.9. The van der Waals surface area contributed by atoms with E-state index in [0.717, 1.165) is 22.8 Å². The Labute approximate surface area is 150 Å². The van der Waals surface area contributed by atoms with Gasteiger partial charge in [0.2, 0.25) is 9.84 Å². The van der Waals surface area contributed by atoms with Crippen molar-refractivity contribution in [3.63, 3.8) is 0 Å². The molecule has 1 unspecified atom stereocenters. The van der Waals surface area contributed by atoms with Crippen molar-refractivity contribution < 1.29 is 35.5 Å². The number of sulfone groups is 1. The Kier molecular flexibility index (Phi) is 4.52. The van der Waals surface area contributed by atoms with Crippen molar-refractivity contribution in [2.75, 3.05) is 0 Å². The number of fused-ring (bicyclic) bond motifs is 1. The van der Waals surface area contributed by atoms with Crippen LogP contribution in [0.2, 0.25) is 0 Å². The van der Waals surface area contributed by atoms with Gasteiger partial charge in [0.25, 0.3) is 5.92 Å². The number of hydrogen-bond donors (Lipinski definition) is 1. The Morgan fingerprint density at radius 2 is 1.96 bits per heavy atom. The van der Waals surface area contributed by atoms with Gasteiger partial charge in [0.05, 0.1) is 16.5 Å². The number of halogens is 5. The lowest BCUT2D eigenvalue weighted by atomic mass is 9.91. The van der Waals surface area contributed by atoms with Crippen LogP contribution in [0.15, 0.2) is 29.3 Å². The maximum Gasteiger partial charge on any atom is 0.341 e. The van der Waals surface area contributed by atoms with E-state index >= 15 is 0 Å². The monoisotopic (exact) mass is 406 g/mol. The van der Waals surface area contributed by atoms with Crippen LogP contribution >= 0.6 is 0 Å². The van der Waals surface area contributed by atoms with Gasteiger partial charge in [-0.3, -0.25) is 0 Å². The molecule has 1 heterocycles. The van der Waals surface area contributed by atoms with E-state index < -0.39 is 56.7 Å². The van der Waals surface area contributed by atoms with Crippen LogP contribution in [0.25, 0.3) is 5.69 Å². The molecule has 1 aliphatic carbocycles. The summed E-state index contributed by atoms with van der Waals surface area (Å²) in [4.78, 5) is -1.15. The zero-order chi connectivity index (χ0) is 20.1. The third-order valence-electron chi connectivity index (χ3n) is 4.31. The maximum absolute atomic E-state index is 13.9. The SMILES string of the molecule is N#Cc1cc(F)cc(-n2cc(S(=O)(=O)C(F)F)c3c2CCC(F)(F)C3O)c1. The standard InChI is InChI=1S/C16H11F5N2O3S/c17-9-3-8(6-22)4-10(5-9)23-7-12(27(25,26)15(18)19)13-11(23)1-2-16(20,21)14(13)24/h3-5,7,14-15,24H,1-2H2. The van der Waals surface area contributed by atoms with E-state index in [1.807, 2.05) is 0 Å². The van der Waals surface area contributed by atoms with E-state index in [0.29, 0.717) is 6.20 Å². The van der Waals surface area contributed by atoms with Crippen LogP contribution in [0.1, 0.15) is 29.3 Å². The molecule has 0 aliphatic heterocycles. The van der Waals surface area contributed by atoms with Crippen molar-refractivity contribution >= 4 is 9.84 Å². The quantitative estimate of drug-likeness (QED) is 0.795. The topological polar surface area (TPSA) is 83.1 Å². The predicted octanol–water partition coefficient (Wildman–Crippen LogP) is 3.10. The average Bonchev–Trinajstić information content (AvgIpc) is 2.98. The number of alkyl halides is 4. The highest BCUT2D eigenvalue weighted by Gasteiger charge is 2.48. The smallest absolute Gasteiger partial charge is 0.341 e. The van der Waals surface area contributed by atoms with E-state index in [4.69, 9.17) is 5.26 Å². The summed E-state index contributed by atoms with van der Waals surface area (Å²) in [5, 5.41) is 18.9. The summed E-state index contributed by atoms with van der Waals surface area (Å²) in [7, 11) is -5.32. The molecule has 1 N–H and O–H groups in total. The number of benzene rings is 1. The van der Waals surface area contributed by atoms with Gasteiger partial charge in [-0.2, -0.15) is 14.0 Å². The molecule has 5 nitrogen and oxygen atoms in total. The summed E-state index contributed by atoms with van der Waals surface area (Å²) in [6, 6.07) is 4.59. The Morgan fingerprint density at radius 1 is 1.30 bits per heavy atom. The van der Waals surface area contributed by atoms with Crippen molar-refractivity contribution in [1.82, 2.24) is 4.57 Å². The second-order valence-electron chi connectivity index (χ2n) is 6.00. The van der Waals surface area contributed by atoms with Gasteiger partial charge in [-0.05, 0) is 24.6 Å². The van der Waals surface area contributed by atoms with Gasteiger partial charge in [0.15, 0.2) is 0 Å². The van der Waals surface area contributed by atoms with E-state index in [-0.39, 0.29) is 16.9 Å². The molecule has 1 aromatic heterocycles. The molecule has 0 bridgehead atoms. The first-order valence-electron chi connectivity index (χ1n) is 7.52. The number of aliphatic hydroxyl groups is 1. The van der Waals surface area contributed by atoms with Crippen LogP contribution in [0.4, 0.5) is 22.0 Å². The van der Waals surface area contributed by atoms with Crippen molar-refractivity contribution in [3.8, 4) is 11.8 Å². The molecular weight excluding hydrogens is 395 g/mol. The molecule has 0 amide bonds. The van der Waals surface area contributed by atoms with Gasteiger partial charge in [-0.25, -0.2) is 21.6 Å². The minimum Gasteiger partial charge on any atom is -0.382 e. The number of nitrogens with zero attached hydrogens (tertiary/aromatic N) is 2. The highest BCUT2D eigenvalue weighted by atomic mass is 32.2. The average molecular weight is 406 g/mol. The first-order valence-corrected chi connectivity index (χ1v) is 9.07. The van der Waals surface area contributed by atoms with Crippen LogP contribution < -0.4 is 0 Å². The molecule has 0 fully saturated rings. The Balaban J connectivity index is 2.34. The second-order valence-corrected chi connectivity index (χ2v) is 7.89. The fraction of sp³-hybridized carbons (Fsp3) is 0.312. The van der Waals surface area contributed by atoms with Crippen molar-refractivity contribution in [2.45, 2.75) is 35.5 Å². The second kappa shape index (κ2) is 6.31. The summed E-state index contributed by atoms with van der Waals surface area (Å²) in [6.45, 7) is 0. The van der Waals surface area contributed by atoms with E-state index in [1.165, 1.54) is 0 Å². The fourth-order valence-corrected chi connectivity index (χ4v) is 4.03. The fourth-order valence-electron chi connectivity index (χ4n) is 3.05. The van der Waals surface area contributed by atoms with Gasteiger partial charge >= 0.3 is 5.76 Å². The number of rotatable bonds is 3. The Bertz CT molecular complexity index is 1060. The highest BCUT2D eigenvalue weighted by Crippen LogP contribution is 2.46. The summed E-state index contributed by atoms with van der Waals surface area (Å²) in [5.41, 5.74) is -1.26. The molecule has 1 aliphatic rings.